The molecule has 0 aromatic heterocycles. The molecule has 1 N–H and O–H groups in total. The summed E-state index contributed by atoms with van der Waals surface area (Å²) in [6, 6.07) is 10.0. The van der Waals surface area contributed by atoms with Crippen LogP contribution in [-0.2, 0) is 21.7 Å². The van der Waals surface area contributed by atoms with E-state index >= 15 is 0 Å². The Kier molecular flexibility index (Phi) is 6.33. The first kappa shape index (κ1) is 25.2. The van der Waals surface area contributed by atoms with E-state index in [-0.39, 0.29) is 27.4 Å². The van der Waals surface area contributed by atoms with Crippen LogP contribution in [0.2, 0.25) is 0 Å². The molecule has 0 saturated heterocycles. The van der Waals surface area contributed by atoms with Gasteiger partial charge in [0.1, 0.15) is 5.75 Å². The number of rotatable bonds is 2. The van der Waals surface area contributed by atoms with E-state index in [1.807, 2.05) is 18.2 Å². The number of benzene rings is 2. The Hall–Kier alpha value is -2.09. The first-order valence-corrected chi connectivity index (χ1v) is 11.3. The van der Waals surface area contributed by atoms with E-state index in [2.05, 4.69) is 95.2 Å². The van der Waals surface area contributed by atoms with E-state index in [1.54, 1.807) is 0 Å². The second-order valence-corrected chi connectivity index (χ2v) is 13.0. The van der Waals surface area contributed by atoms with Crippen LogP contribution >= 0.6 is 0 Å². The first-order chi connectivity index (χ1) is 13.7. The molecule has 0 atom stereocenters. The van der Waals surface area contributed by atoms with Crippen molar-refractivity contribution in [2.24, 2.45) is 0 Å². The lowest BCUT2D eigenvalue weighted by Gasteiger charge is -2.29. The van der Waals surface area contributed by atoms with Crippen LogP contribution in [0.25, 0.3) is 0 Å². The van der Waals surface area contributed by atoms with Gasteiger partial charge in [-0.2, -0.15) is 0 Å². The number of carbonyl (C=O) groups is 1. The Morgan fingerprint density at radius 1 is 0.613 bits per heavy atom. The monoisotopic (exact) mass is 422 g/mol. The smallest absolute Gasteiger partial charge is 0.193 e. The Bertz CT molecular complexity index is 946. The van der Waals surface area contributed by atoms with Crippen molar-refractivity contribution in [3.63, 3.8) is 0 Å². The van der Waals surface area contributed by atoms with Crippen LogP contribution in [0, 0.1) is 0 Å². The van der Waals surface area contributed by atoms with Gasteiger partial charge >= 0.3 is 0 Å². The molecule has 2 aromatic carbocycles. The normalized spacial score (nSPS) is 13.4. The van der Waals surface area contributed by atoms with E-state index in [4.69, 9.17) is 0 Å². The minimum absolute atomic E-state index is 0.0128. The fourth-order valence-electron chi connectivity index (χ4n) is 3.89. The van der Waals surface area contributed by atoms with Crippen molar-refractivity contribution in [1.82, 2.24) is 0 Å². The highest BCUT2D eigenvalue weighted by Gasteiger charge is 2.30. The summed E-state index contributed by atoms with van der Waals surface area (Å²) in [5.41, 5.74) is 4.60. The quantitative estimate of drug-likeness (QED) is 0.501. The van der Waals surface area contributed by atoms with Crippen molar-refractivity contribution in [2.75, 3.05) is 0 Å². The summed E-state index contributed by atoms with van der Waals surface area (Å²) in [4.78, 5) is 13.9. The molecular weight excluding hydrogens is 380 g/mol. The number of hydrogen-bond donors (Lipinski definition) is 1. The third kappa shape index (κ3) is 5.40. The van der Waals surface area contributed by atoms with E-state index in [0.29, 0.717) is 11.3 Å². The van der Waals surface area contributed by atoms with Crippen LogP contribution in [0.5, 0.6) is 5.75 Å². The second-order valence-electron chi connectivity index (χ2n) is 13.0. The standard InChI is InChI=1S/C29H42O2/c1-26(2,3)19-13-14-20(21(17-19)27(4,5)6)24(30)18-15-22(28(7,8)9)25(31)23(16-18)29(10,11)12/h13-17,31H,1-12H3. The molecule has 31 heavy (non-hydrogen) atoms. The molecule has 2 aromatic rings. The Morgan fingerprint density at radius 3 is 1.39 bits per heavy atom. The predicted molar refractivity (Wildman–Crippen MR) is 133 cm³/mol. The van der Waals surface area contributed by atoms with Crippen LogP contribution in [0.1, 0.15) is 121 Å². The maximum atomic E-state index is 13.9. The van der Waals surface area contributed by atoms with Crippen molar-refractivity contribution >= 4 is 5.78 Å². The van der Waals surface area contributed by atoms with Gasteiger partial charge in [0.15, 0.2) is 5.78 Å². The van der Waals surface area contributed by atoms with Crippen molar-refractivity contribution in [3.05, 3.63) is 63.7 Å². The molecule has 0 bridgehead atoms. The Balaban J connectivity index is 2.80. The van der Waals surface area contributed by atoms with Gasteiger partial charge in [-0.05, 0) is 44.9 Å². The minimum atomic E-state index is -0.274. The third-order valence-electron chi connectivity index (χ3n) is 5.93. The predicted octanol–water partition coefficient (Wildman–Crippen LogP) is 7.81. The van der Waals surface area contributed by atoms with Gasteiger partial charge in [-0.15, -0.1) is 0 Å². The average molecular weight is 423 g/mol. The number of phenolic OH excluding ortho intramolecular Hbond substituents is 1. The fourth-order valence-corrected chi connectivity index (χ4v) is 3.89. The van der Waals surface area contributed by atoms with E-state index in [1.165, 1.54) is 5.56 Å². The number of ketones is 1. The van der Waals surface area contributed by atoms with Gasteiger partial charge < -0.3 is 5.11 Å². The summed E-state index contributed by atoms with van der Waals surface area (Å²) in [5, 5.41) is 11.0. The van der Waals surface area contributed by atoms with Crippen LogP contribution in [-0.4, -0.2) is 10.9 Å². The van der Waals surface area contributed by atoms with Gasteiger partial charge in [-0.3, -0.25) is 4.79 Å². The molecular formula is C29H42O2. The van der Waals surface area contributed by atoms with Crippen LogP contribution in [0.3, 0.4) is 0 Å². The maximum absolute atomic E-state index is 13.9. The number of carbonyl (C=O) groups excluding carboxylic acids is 1. The van der Waals surface area contributed by atoms with Gasteiger partial charge in [0.25, 0.3) is 0 Å². The zero-order chi connectivity index (χ0) is 24.2. The number of hydrogen-bond acceptors (Lipinski definition) is 2. The summed E-state index contributed by atoms with van der Waals surface area (Å²) >= 11 is 0. The lowest BCUT2D eigenvalue weighted by molar-refractivity contribution is 0.103. The van der Waals surface area contributed by atoms with Gasteiger partial charge in [-0.1, -0.05) is 101 Å². The zero-order valence-corrected chi connectivity index (χ0v) is 21.7. The molecule has 2 rings (SSSR count). The SMILES string of the molecule is CC(C)(C)c1ccc(C(=O)c2cc(C(C)(C)C)c(O)c(C(C)(C)C)c2)c(C(C)(C)C)c1. The minimum Gasteiger partial charge on any atom is -0.507 e. The summed E-state index contributed by atoms with van der Waals surface area (Å²) in [6.07, 6.45) is 0. The van der Waals surface area contributed by atoms with Gasteiger partial charge in [-0.25, -0.2) is 0 Å². The van der Waals surface area contributed by atoms with Crippen LogP contribution in [0.4, 0.5) is 0 Å². The third-order valence-corrected chi connectivity index (χ3v) is 5.93. The van der Waals surface area contributed by atoms with Crippen molar-refractivity contribution < 1.29 is 9.90 Å². The molecule has 0 fully saturated rings. The highest BCUT2D eigenvalue weighted by Crippen LogP contribution is 2.41. The van der Waals surface area contributed by atoms with E-state index in [9.17, 15) is 9.90 Å². The maximum Gasteiger partial charge on any atom is 0.193 e. The molecule has 0 aliphatic heterocycles. The Labute approximate surface area is 190 Å². The van der Waals surface area contributed by atoms with Gasteiger partial charge in [0, 0.05) is 22.3 Å². The lowest BCUT2D eigenvalue weighted by atomic mass is 9.75. The van der Waals surface area contributed by atoms with E-state index < -0.39 is 0 Å². The molecule has 0 spiro atoms. The zero-order valence-electron chi connectivity index (χ0n) is 21.7. The summed E-state index contributed by atoms with van der Waals surface area (Å²) < 4.78 is 0. The topological polar surface area (TPSA) is 37.3 Å². The average Bonchev–Trinajstić information content (AvgIpc) is 2.57. The molecule has 0 radical (unpaired) electrons. The molecule has 0 saturated carbocycles. The second kappa shape index (κ2) is 7.80. The molecule has 0 amide bonds. The molecule has 2 heteroatoms. The van der Waals surface area contributed by atoms with Crippen molar-refractivity contribution in [2.45, 2.75) is 105 Å². The fraction of sp³-hybridized carbons (Fsp3) is 0.552. The van der Waals surface area contributed by atoms with Gasteiger partial charge in [0.2, 0.25) is 0 Å². The summed E-state index contributed by atoms with van der Waals surface area (Å²) in [6.45, 7) is 25.5. The number of aromatic hydroxyl groups is 1. The van der Waals surface area contributed by atoms with Crippen LogP contribution in [0.15, 0.2) is 30.3 Å². The lowest BCUT2D eigenvalue weighted by Crippen LogP contribution is -2.22. The first-order valence-electron chi connectivity index (χ1n) is 11.3. The van der Waals surface area contributed by atoms with E-state index in [0.717, 1.165) is 22.3 Å². The molecule has 2 nitrogen and oxygen atoms in total. The molecule has 0 aliphatic rings. The Morgan fingerprint density at radius 2 is 1.03 bits per heavy atom. The molecule has 170 valence electrons. The van der Waals surface area contributed by atoms with Gasteiger partial charge in [0.05, 0.1) is 0 Å². The summed E-state index contributed by atoms with van der Waals surface area (Å²) in [7, 11) is 0. The van der Waals surface area contributed by atoms with Crippen molar-refractivity contribution in [3.8, 4) is 5.75 Å². The highest BCUT2D eigenvalue weighted by atomic mass is 16.3. The summed E-state index contributed by atoms with van der Waals surface area (Å²) in [5.74, 6) is 0.317. The van der Waals surface area contributed by atoms with Crippen LogP contribution < -0.4 is 0 Å². The largest absolute Gasteiger partial charge is 0.507 e. The molecule has 0 aliphatic carbocycles. The highest BCUT2D eigenvalue weighted by molar-refractivity contribution is 6.10. The van der Waals surface area contributed by atoms with Crippen molar-refractivity contribution in [1.29, 1.82) is 0 Å². The molecule has 0 unspecified atom stereocenters. The number of phenols is 1. The molecule has 0 heterocycles.